The van der Waals surface area contributed by atoms with Crippen LogP contribution >= 0.6 is 0 Å². The lowest BCUT2D eigenvalue weighted by molar-refractivity contribution is 0.317. The van der Waals surface area contributed by atoms with Crippen LogP contribution in [0.5, 0.6) is 0 Å². The van der Waals surface area contributed by atoms with Gasteiger partial charge in [0.05, 0.1) is 0 Å². The molecule has 0 heterocycles. The van der Waals surface area contributed by atoms with E-state index in [2.05, 4.69) is 24.2 Å². The summed E-state index contributed by atoms with van der Waals surface area (Å²) < 4.78 is 0. The van der Waals surface area contributed by atoms with Crippen LogP contribution in [0.4, 0.5) is 0 Å². The summed E-state index contributed by atoms with van der Waals surface area (Å²) in [4.78, 5) is 0. The SMILES string of the molecule is Cc1cc(C)c(CC(N)=NO)c(C)c1. The number of oxime groups is 1. The Labute approximate surface area is 84.2 Å². The third-order valence-electron chi connectivity index (χ3n) is 2.33. The van der Waals surface area contributed by atoms with Crippen molar-refractivity contribution in [3.8, 4) is 0 Å². The first-order valence-electron chi connectivity index (χ1n) is 4.57. The Morgan fingerprint density at radius 2 is 1.79 bits per heavy atom. The maximum atomic E-state index is 8.50. The van der Waals surface area contributed by atoms with Crippen molar-refractivity contribution in [2.24, 2.45) is 10.9 Å². The fourth-order valence-electron chi connectivity index (χ4n) is 1.71. The Balaban J connectivity index is 3.09. The Kier molecular flexibility index (Phi) is 3.12. The number of rotatable bonds is 2. The number of amidine groups is 1. The van der Waals surface area contributed by atoms with E-state index in [0.29, 0.717) is 6.42 Å². The molecular weight excluding hydrogens is 176 g/mol. The molecule has 0 atom stereocenters. The van der Waals surface area contributed by atoms with Crippen LogP contribution < -0.4 is 5.73 Å². The molecule has 1 aromatic carbocycles. The first kappa shape index (κ1) is 10.6. The van der Waals surface area contributed by atoms with Gasteiger partial charge in [-0.05, 0) is 37.5 Å². The zero-order valence-corrected chi connectivity index (χ0v) is 8.83. The summed E-state index contributed by atoms with van der Waals surface area (Å²) in [7, 11) is 0. The topological polar surface area (TPSA) is 58.6 Å². The van der Waals surface area contributed by atoms with E-state index in [9.17, 15) is 0 Å². The number of benzene rings is 1. The van der Waals surface area contributed by atoms with Gasteiger partial charge in [0.15, 0.2) is 0 Å². The molecule has 0 saturated heterocycles. The summed E-state index contributed by atoms with van der Waals surface area (Å²) in [6.07, 6.45) is 0.508. The second-order valence-corrected chi connectivity index (χ2v) is 3.65. The van der Waals surface area contributed by atoms with Crippen molar-refractivity contribution in [1.29, 1.82) is 0 Å². The van der Waals surface area contributed by atoms with Gasteiger partial charge >= 0.3 is 0 Å². The standard InChI is InChI=1S/C11H16N2O/c1-7-4-8(2)10(9(3)5-7)6-11(12)13-14/h4-5,14H,6H2,1-3H3,(H2,12,13). The average molecular weight is 192 g/mol. The zero-order chi connectivity index (χ0) is 10.7. The molecule has 0 aromatic heterocycles. The van der Waals surface area contributed by atoms with Crippen LogP contribution in [0.15, 0.2) is 17.3 Å². The molecule has 0 unspecified atom stereocenters. The predicted octanol–water partition coefficient (Wildman–Crippen LogP) is 1.90. The minimum atomic E-state index is 0.250. The molecule has 0 radical (unpaired) electrons. The van der Waals surface area contributed by atoms with Crippen LogP contribution in [0.25, 0.3) is 0 Å². The number of hydrogen-bond donors (Lipinski definition) is 2. The van der Waals surface area contributed by atoms with Crippen molar-refractivity contribution in [3.05, 3.63) is 34.4 Å². The Morgan fingerprint density at radius 3 is 2.21 bits per heavy atom. The maximum absolute atomic E-state index is 8.50. The van der Waals surface area contributed by atoms with Gasteiger partial charge in [0.2, 0.25) is 0 Å². The van der Waals surface area contributed by atoms with Gasteiger partial charge in [-0.3, -0.25) is 0 Å². The number of nitrogens with two attached hydrogens (primary N) is 1. The van der Waals surface area contributed by atoms with Crippen LogP contribution in [-0.4, -0.2) is 11.0 Å². The third-order valence-corrected chi connectivity index (χ3v) is 2.33. The summed E-state index contributed by atoms with van der Waals surface area (Å²) in [5.41, 5.74) is 10.2. The van der Waals surface area contributed by atoms with Crippen LogP contribution in [0.1, 0.15) is 22.3 Å². The van der Waals surface area contributed by atoms with E-state index in [0.717, 1.165) is 5.56 Å². The summed E-state index contributed by atoms with van der Waals surface area (Å²) in [6, 6.07) is 4.21. The van der Waals surface area contributed by atoms with E-state index < -0.39 is 0 Å². The molecule has 0 aliphatic carbocycles. The van der Waals surface area contributed by atoms with E-state index >= 15 is 0 Å². The molecule has 3 N–H and O–H groups in total. The zero-order valence-electron chi connectivity index (χ0n) is 8.83. The lowest BCUT2D eigenvalue weighted by atomic mass is 9.97. The quantitative estimate of drug-likeness (QED) is 0.325. The molecular formula is C11H16N2O. The summed E-state index contributed by atoms with van der Waals surface area (Å²) >= 11 is 0. The fourth-order valence-corrected chi connectivity index (χ4v) is 1.71. The van der Waals surface area contributed by atoms with Gasteiger partial charge in [-0.25, -0.2) is 0 Å². The van der Waals surface area contributed by atoms with E-state index in [1.54, 1.807) is 0 Å². The van der Waals surface area contributed by atoms with Crippen LogP contribution in [-0.2, 0) is 6.42 Å². The Bertz CT molecular complexity index is 347. The van der Waals surface area contributed by atoms with Crippen LogP contribution in [0, 0.1) is 20.8 Å². The molecule has 0 fully saturated rings. The van der Waals surface area contributed by atoms with Crippen molar-refractivity contribution in [2.75, 3.05) is 0 Å². The molecule has 3 nitrogen and oxygen atoms in total. The number of aryl methyl sites for hydroxylation is 3. The van der Waals surface area contributed by atoms with Gasteiger partial charge < -0.3 is 10.9 Å². The summed E-state index contributed by atoms with van der Waals surface area (Å²) in [6.45, 7) is 6.15. The highest BCUT2D eigenvalue weighted by Crippen LogP contribution is 2.16. The minimum Gasteiger partial charge on any atom is -0.409 e. The van der Waals surface area contributed by atoms with Crippen molar-refractivity contribution in [3.63, 3.8) is 0 Å². The average Bonchev–Trinajstić information content (AvgIpc) is 2.10. The molecule has 0 saturated carbocycles. The van der Waals surface area contributed by atoms with E-state index in [4.69, 9.17) is 10.9 Å². The summed E-state index contributed by atoms with van der Waals surface area (Å²) in [5.74, 6) is 0.250. The lowest BCUT2D eigenvalue weighted by Gasteiger charge is -2.10. The van der Waals surface area contributed by atoms with Crippen LogP contribution in [0.3, 0.4) is 0 Å². The highest BCUT2D eigenvalue weighted by atomic mass is 16.4. The monoisotopic (exact) mass is 192 g/mol. The van der Waals surface area contributed by atoms with Crippen molar-refractivity contribution >= 4 is 5.84 Å². The molecule has 14 heavy (non-hydrogen) atoms. The van der Waals surface area contributed by atoms with Gasteiger partial charge in [-0.2, -0.15) is 0 Å². The van der Waals surface area contributed by atoms with E-state index in [1.807, 2.05) is 13.8 Å². The first-order chi connectivity index (χ1) is 6.54. The van der Waals surface area contributed by atoms with E-state index in [1.165, 1.54) is 16.7 Å². The molecule has 1 rings (SSSR count). The summed E-state index contributed by atoms with van der Waals surface area (Å²) in [5, 5.41) is 11.5. The fraction of sp³-hybridized carbons (Fsp3) is 0.364. The molecule has 0 amide bonds. The second-order valence-electron chi connectivity index (χ2n) is 3.65. The van der Waals surface area contributed by atoms with Gasteiger partial charge in [0.25, 0.3) is 0 Å². The normalized spacial score (nSPS) is 11.8. The maximum Gasteiger partial charge on any atom is 0.143 e. The first-order valence-corrected chi connectivity index (χ1v) is 4.57. The van der Waals surface area contributed by atoms with Crippen molar-refractivity contribution in [1.82, 2.24) is 0 Å². The minimum absolute atomic E-state index is 0.250. The number of hydrogen-bond acceptors (Lipinski definition) is 2. The molecule has 0 aliphatic heterocycles. The highest BCUT2D eigenvalue weighted by Gasteiger charge is 2.05. The number of nitrogens with zero attached hydrogens (tertiary/aromatic N) is 1. The lowest BCUT2D eigenvalue weighted by Crippen LogP contribution is -2.16. The molecule has 0 spiro atoms. The Morgan fingerprint density at radius 1 is 1.29 bits per heavy atom. The molecule has 1 aromatic rings. The van der Waals surface area contributed by atoms with Gasteiger partial charge in [0, 0.05) is 6.42 Å². The molecule has 3 heteroatoms. The highest BCUT2D eigenvalue weighted by molar-refractivity contribution is 5.82. The van der Waals surface area contributed by atoms with Crippen molar-refractivity contribution < 1.29 is 5.21 Å². The van der Waals surface area contributed by atoms with Gasteiger partial charge in [0.1, 0.15) is 5.84 Å². The third kappa shape index (κ3) is 2.25. The van der Waals surface area contributed by atoms with Gasteiger partial charge in [-0.15, -0.1) is 0 Å². The largest absolute Gasteiger partial charge is 0.409 e. The van der Waals surface area contributed by atoms with Crippen LogP contribution in [0.2, 0.25) is 0 Å². The molecule has 0 bridgehead atoms. The second kappa shape index (κ2) is 4.13. The van der Waals surface area contributed by atoms with E-state index in [-0.39, 0.29) is 5.84 Å². The van der Waals surface area contributed by atoms with Gasteiger partial charge in [-0.1, -0.05) is 22.9 Å². The Hall–Kier alpha value is -1.51. The molecule has 0 aliphatic rings. The van der Waals surface area contributed by atoms with Crippen molar-refractivity contribution in [2.45, 2.75) is 27.2 Å². The predicted molar refractivity (Wildman–Crippen MR) is 57.8 cm³/mol. The smallest absolute Gasteiger partial charge is 0.143 e. The molecule has 76 valence electrons.